The highest BCUT2D eigenvalue weighted by Gasteiger charge is 2.12. The Hall–Kier alpha value is -2.30. The van der Waals surface area contributed by atoms with Gasteiger partial charge in [-0.25, -0.2) is 13.2 Å². The molecule has 0 spiro atoms. The molecule has 19 heavy (non-hydrogen) atoms. The lowest BCUT2D eigenvalue weighted by molar-refractivity contribution is 0.101. The molecule has 1 N–H and O–H groups in total. The van der Waals surface area contributed by atoms with E-state index in [0.717, 1.165) is 18.2 Å². The average molecular weight is 265 g/mol. The van der Waals surface area contributed by atoms with Gasteiger partial charge >= 0.3 is 0 Å². The summed E-state index contributed by atoms with van der Waals surface area (Å²) in [6, 6.07) is 6.90. The third-order valence-electron chi connectivity index (χ3n) is 2.60. The molecule has 0 atom stereocenters. The fourth-order valence-electron chi connectivity index (χ4n) is 1.59. The molecule has 2 rings (SSSR count). The molecule has 0 saturated heterocycles. The molecular weight excluding hydrogens is 255 g/mol. The molecule has 0 heterocycles. The van der Waals surface area contributed by atoms with Crippen LogP contribution in [0.15, 0.2) is 36.4 Å². The topological polar surface area (TPSA) is 29.1 Å². The van der Waals surface area contributed by atoms with Crippen LogP contribution in [0.3, 0.4) is 0 Å². The van der Waals surface area contributed by atoms with Crippen molar-refractivity contribution in [3.63, 3.8) is 0 Å². The number of anilines is 2. The first-order chi connectivity index (χ1) is 8.99. The average Bonchev–Trinajstić information content (AvgIpc) is 2.35. The van der Waals surface area contributed by atoms with Crippen molar-refractivity contribution in [2.75, 3.05) is 5.32 Å². The second-order valence-corrected chi connectivity index (χ2v) is 3.97. The van der Waals surface area contributed by atoms with Crippen molar-refractivity contribution < 1.29 is 18.0 Å². The maximum absolute atomic E-state index is 13.6. The summed E-state index contributed by atoms with van der Waals surface area (Å²) < 4.78 is 40.4. The van der Waals surface area contributed by atoms with Gasteiger partial charge in [0.25, 0.3) is 0 Å². The van der Waals surface area contributed by atoms with Crippen molar-refractivity contribution in [2.24, 2.45) is 0 Å². The van der Waals surface area contributed by atoms with E-state index >= 15 is 0 Å². The van der Waals surface area contributed by atoms with E-state index in [0.29, 0.717) is 0 Å². The number of halogens is 3. The van der Waals surface area contributed by atoms with E-state index in [-0.39, 0.29) is 17.0 Å². The van der Waals surface area contributed by atoms with Crippen LogP contribution in [-0.2, 0) is 0 Å². The Morgan fingerprint density at radius 1 is 1.00 bits per heavy atom. The minimum atomic E-state index is -0.840. The number of benzene rings is 2. The van der Waals surface area contributed by atoms with Crippen LogP contribution in [0.1, 0.15) is 17.3 Å². The van der Waals surface area contributed by atoms with Crippen LogP contribution in [0, 0.1) is 17.5 Å². The molecule has 0 unspecified atom stereocenters. The summed E-state index contributed by atoms with van der Waals surface area (Å²) in [7, 11) is 0. The minimum absolute atomic E-state index is 0.156. The predicted molar refractivity (Wildman–Crippen MR) is 66.0 cm³/mol. The summed E-state index contributed by atoms with van der Waals surface area (Å²) in [6.07, 6.45) is 0. The Kier molecular flexibility index (Phi) is 3.55. The van der Waals surface area contributed by atoms with Crippen molar-refractivity contribution >= 4 is 17.2 Å². The van der Waals surface area contributed by atoms with Gasteiger partial charge in [0.1, 0.15) is 23.1 Å². The van der Waals surface area contributed by atoms with E-state index in [1.165, 1.54) is 25.1 Å². The Labute approximate surface area is 107 Å². The van der Waals surface area contributed by atoms with Gasteiger partial charge < -0.3 is 5.32 Å². The van der Waals surface area contributed by atoms with Gasteiger partial charge in [0, 0.05) is 5.56 Å². The first kappa shape index (κ1) is 13.1. The third-order valence-corrected chi connectivity index (χ3v) is 2.60. The van der Waals surface area contributed by atoms with Gasteiger partial charge in [0.2, 0.25) is 0 Å². The highest BCUT2D eigenvalue weighted by molar-refractivity contribution is 5.95. The number of hydrogen-bond donors (Lipinski definition) is 1. The molecule has 98 valence electrons. The molecule has 2 aromatic rings. The molecule has 5 heteroatoms. The number of carbonyl (C=O) groups is 1. The van der Waals surface area contributed by atoms with E-state index in [2.05, 4.69) is 5.32 Å². The molecule has 0 aliphatic heterocycles. The van der Waals surface area contributed by atoms with Gasteiger partial charge in [0.05, 0.1) is 5.69 Å². The molecule has 0 bridgehead atoms. The van der Waals surface area contributed by atoms with Crippen LogP contribution in [-0.4, -0.2) is 5.78 Å². The standard InChI is InChI=1S/C14H10F3NO/c1-8(19)9-5-6-10(15)13(7-9)18-14-11(16)3-2-4-12(14)17/h2-7,18H,1H3. The molecule has 2 nitrogen and oxygen atoms in total. The summed E-state index contributed by atoms with van der Waals surface area (Å²) in [4.78, 5) is 11.2. The van der Waals surface area contributed by atoms with E-state index in [9.17, 15) is 18.0 Å². The van der Waals surface area contributed by atoms with Crippen molar-refractivity contribution in [2.45, 2.75) is 6.92 Å². The summed E-state index contributed by atoms with van der Waals surface area (Å²) in [5, 5.41) is 2.33. The normalized spacial score (nSPS) is 10.3. The van der Waals surface area contributed by atoms with Gasteiger partial charge in [-0.05, 0) is 37.3 Å². The number of rotatable bonds is 3. The lowest BCUT2D eigenvalue weighted by atomic mass is 10.1. The number of ketones is 1. The summed E-state index contributed by atoms with van der Waals surface area (Å²) in [5.41, 5.74) is -0.362. The van der Waals surface area contributed by atoms with Crippen LogP contribution in [0.2, 0.25) is 0 Å². The van der Waals surface area contributed by atoms with E-state index in [4.69, 9.17) is 0 Å². The number of nitrogens with one attached hydrogen (secondary N) is 1. The molecule has 0 aromatic heterocycles. The van der Waals surface area contributed by atoms with Crippen molar-refractivity contribution in [3.05, 3.63) is 59.4 Å². The Balaban J connectivity index is 2.43. The van der Waals surface area contributed by atoms with E-state index in [1.807, 2.05) is 0 Å². The van der Waals surface area contributed by atoms with Gasteiger partial charge in [-0.15, -0.1) is 0 Å². The van der Waals surface area contributed by atoms with Crippen molar-refractivity contribution in [3.8, 4) is 0 Å². The minimum Gasteiger partial charge on any atom is -0.348 e. The number of Topliss-reactive ketones (excluding diaryl/α,β-unsaturated/α-hetero) is 1. The van der Waals surface area contributed by atoms with Crippen LogP contribution >= 0.6 is 0 Å². The highest BCUT2D eigenvalue weighted by Crippen LogP contribution is 2.25. The first-order valence-electron chi connectivity index (χ1n) is 5.50. The van der Waals surface area contributed by atoms with Crippen LogP contribution < -0.4 is 5.32 Å². The SMILES string of the molecule is CC(=O)c1ccc(F)c(Nc2c(F)cccc2F)c1. The zero-order valence-corrected chi connectivity index (χ0v) is 10.0. The second-order valence-electron chi connectivity index (χ2n) is 3.97. The van der Waals surface area contributed by atoms with Crippen LogP contribution in [0.4, 0.5) is 24.5 Å². The zero-order chi connectivity index (χ0) is 14.0. The lowest BCUT2D eigenvalue weighted by Crippen LogP contribution is -2.01. The third kappa shape index (κ3) is 2.76. The monoisotopic (exact) mass is 265 g/mol. The molecule has 0 radical (unpaired) electrons. The largest absolute Gasteiger partial charge is 0.348 e. The fourth-order valence-corrected chi connectivity index (χ4v) is 1.59. The maximum atomic E-state index is 13.6. The molecule has 0 aliphatic carbocycles. The summed E-state index contributed by atoms with van der Waals surface area (Å²) in [6.45, 7) is 1.32. The van der Waals surface area contributed by atoms with Gasteiger partial charge in [-0.2, -0.15) is 0 Å². The van der Waals surface area contributed by atoms with Crippen LogP contribution in [0.5, 0.6) is 0 Å². The van der Waals surface area contributed by atoms with E-state index < -0.39 is 23.1 Å². The lowest BCUT2D eigenvalue weighted by Gasteiger charge is -2.10. The quantitative estimate of drug-likeness (QED) is 0.848. The van der Waals surface area contributed by atoms with E-state index in [1.54, 1.807) is 0 Å². The summed E-state index contributed by atoms with van der Waals surface area (Å²) >= 11 is 0. The maximum Gasteiger partial charge on any atom is 0.159 e. The first-order valence-corrected chi connectivity index (χ1v) is 5.50. The highest BCUT2D eigenvalue weighted by atomic mass is 19.1. The number of hydrogen-bond acceptors (Lipinski definition) is 2. The molecule has 2 aromatic carbocycles. The zero-order valence-electron chi connectivity index (χ0n) is 10.0. The molecule has 0 amide bonds. The second kappa shape index (κ2) is 5.14. The van der Waals surface area contributed by atoms with Gasteiger partial charge in [-0.3, -0.25) is 4.79 Å². The number of carbonyl (C=O) groups excluding carboxylic acids is 1. The Morgan fingerprint density at radius 2 is 1.63 bits per heavy atom. The molecule has 0 fully saturated rings. The van der Waals surface area contributed by atoms with Crippen molar-refractivity contribution in [1.29, 1.82) is 0 Å². The molecular formula is C14H10F3NO. The fraction of sp³-hybridized carbons (Fsp3) is 0.0714. The summed E-state index contributed by atoms with van der Waals surface area (Å²) in [5.74, 6) is -2.65. The smallest absolute Gasteiger partial charge is 0.159 e. The number of para-hydroxylation sites is 1. The Morgan fingerprint density at radius 3 is 2.21 bits per heavy atom. The molecule has 0 saturated carbocycles. The van der Waals surface area contributed by atoms with Crippen LogP contribution in [0.25, 0.3) is 0 Å². The van der Waals surface area contributed by atoms with Crippen molar-refractivity contribution in [1.82, 2.24) is 0 Å². The Bertz CT molecular complexity index is 620. The molecule has 0 aliphatic rings. The van der Waals surface area contributed by atoms with Gasteiger partial charge in [0.15, 0.2) is 5.78 Å². The predicted octanol–water partition coefficient (Wildman–Crippen LogP) is 4.05. The van der Waals surface area contributed by atoms with Gasteiger partial charge in [-0.1, -0.05) is 6.07 Å².